The SMILES string of the molecule is Cc1cc(C(=O)N2CCOCC2c2nnc(C)o2)c(C)o1. The molecule has 3 heterocycles. The highest BCUT2D eigenvalue weighted by molar-refractivity contribution is 5.95. The molecule has 0 aromatic carbocycles. The lowest BCUT2D eigenvalue weighted by Crippen LogP contribution is -2.43. The number of aromatic nitrogens is 2. The minimum absolute atomic E-state index is 0.103. The molecule has 0 radical (unpaired) electrons. The summed E-state index contributed by atoms with van der Waals surface area (Å²) >= 11 is 0. The summed E-state index contributed by atoms with van der Waals surface area (Å²) in [6.45, 7) is 6.65. The molecule has 1 atom stereocenters. The van der Waals surface area contributed by atoms with Crippen molar-refractivity contribution in [3.05, 3.63) is 34.9 Å². The Balaban J connectivity index is 1.90. The van der Waals surface area contributed by atoms with Crippen LogP contribution < -0.4 is 0 Å². The van der Waals surface area contributed by atoms with Gasteiger partial charge in [-0.05, 0) is 19.9 Å². The first-order valence-electron chi connectivity index (χ1n) is 6.82. The first kappa shape index (κ1) is 13.8. The third kappa shape index (κ3) is 2.56. The van der Waals surface area contributed by atoms with E-state index in [4.69, 9.17) is 13.6 Å². The number of hydrogen-bond acceptors (Lipinski definition) is 6. The second-order valence-corrected chi connectivity index (χ2v) is 5.08. The standard InChI is InChI=1S/C14H17N3O4/c1-8-6-11(9(2)20-8)14(18)17-4-5-19-7-12(17)13-16-15-10(3)21-13/h6,12H,4-5,7H2,1-3H3. The summed E-state index contributed by atoms with van der Waals surface area (Å²) in [6, 6.07) is 1.39. The largest absolute Gasteiger partial charge is 0.466 e. The first-order chi connectivity index (χ1) is 10.1. The second-order valence-electron chi connectivity index (χ2n) is 5.08. The lowest BCUT2D eigenvalue weighted by Gasteiger charge is -2.33. The van der Waals surface area contributed by atoms with Gasteiger partial charge in [0, 0.05) is 13.5 Å². The Morgan fingerprint density at radius 3 is 2.71 bits per heavy atom. The van der Waals surface area contributed by atoms with Crippen LogP contribution in [0.25, 0.3) is 0 Å². The maximum atomic E-state index is 12.7. The van der Waals surface area contributed by atoms with E-state index in [1.54, 1.807) is 24.8 Å². The van der Waals surface area contributed by atoms with Gasteiger partial charge in [0.25, 0.3) is 5.91 Å². The number of nitrogens with zero attached hydrogens (tertiary/aromatic N) is 3. The van der Waals surface area contributed by atoms with Gasteiger partial charge < -0.3 is 18.5 Å². The molecule has 21 heavy (non-hydrogen) atoms. The van der Waals surface area contributed by atoms with E-state index in [1.807, 2.05) is 6.92 Å². The van der Waals surface area contributed by atoms with Crippen molar-refractivity contribution < 1.29 is 18.4 Å². The molecule has 112 valence electrons. The van der Waals surface area contributed by atoms with E-state index < -0.39 is 0 Å². The molecule has 2 aromatic heterocycles. The molecule has 1 aliphatic heterocycles. The van der Waals surface area contributed by atoms with Crippen LogP contribution in [0.1, 0.15) is 39.7 Å². The number of carbonyl (C=O) groups excluding carboxylic acids is 1. The van der Waals surface area contributed by atoms with Gasteiger partial charge in [0.2, 0.25) is 11.8 Å². The zero-order valence-corrected chi connectivity index (χ0v) is 12.3. The molecule has 1 saturated heterocycles. The van der Waals surface area contributed by atoms with Gasteiger partial charge in [-0.15, -0.1) is 10.2 Å². The molecular formula is C14H17N3O4. The van der Waals surface area contributed by atoms with Crippen molar-refractivity contribution in [2.75, 3.05) is 19.8 Å². The van der Waals surface area contributed by atoms with Crippen molar-refractivity contribution in [3.63, 3.8) is 0 Å². The number of hydrogen-bond donors (Lipinski definition) is 0. The highest BCUT2D eigenvalue weighted by Gasteiger charge is 2.34. The van der Waals surface area contributed by atoms with E-state index in [1.165, 1.54) is 0 Å². The summed E-state index contributed by atoms with van der Waals surface area (Å²) in [7, 11) is 0. The highest BCUT2D eigenvalue weighted by Crippen LogP contribution is 2.26. The number of morpholine rings is 1. The Kier molecular flexibility index (Phi) is 3.50. The summed E-state index contributed by atoms with van der Waals surface area (Å²) in [6.07, 6.45) is 0. The van der Waals surface area contributed by atoms with Crippen LogP contribution in [0.2, 0.25) is 0 Å². The zero-order valence-electron chi connectivity index (χ0n) is 12.3. The molecule has 1 aliphatic rings. The number of ether oxygens (including phenoxy) is 1. The fourth-order valence-electron chi connectivity index (χ4n) is 2.50. The van der Waals surface area contributed by atoms with Crippen molar-refractivity contribution in [1.29, 1.82) is 0 Å². The Morgan fingerprint density at radius 2 is 2.10 bits per heavy atom. The maximum Gasteiger partial charge on any atom is 0.258 e. The van der Waals surface area contributed by atoms with E-state index in [-0.39, 0.29) is 11.9 Å². The Morgan fingerprint density at radius 1 is 1.29 bits per heavy atom. The number of rotatable bonds is 2. The summed E-state index contributed by atoms with van der Waals surface area (Å²) in [4.78, 5) is 14.4. The molecule has 0 spiro atoms. The van der Waals surface area contributed by atoms with Gasteiger partial charge >= 0.3 is 0 Å². The minimum Gasteiger partial charge on any atom is -0.466 e. The predicted octanol–water partition coefficient (Wildman–Crippen LogP) is 1.80. The van der Waals surface area contributed by atoms with E-state index >= 15 is 0 Å². The maximum absolute atomic E-state index is 12.7. The number of amides is 1. The Hall–Kier alpha value is -2.15. The fourth-order valence-corrected chi connectivity index (χ4v) is 2.50. The molecule has 1 unspecified atom stereocenters. The van der Waals surface area contributed by atoms with Gasteiger partial charge in [-0.2, -0.15) is 0 Å². The van der Waals surface area contributed by atoms with Crippen LogP contribution in [0.4, 0.5) is 0 Å². The van der Waals surface area contributed by atoms with Crippen LogP contribution in [0.3, 0.4) is 0 Å². The van der Waals surface area contributed by atoms with E-state index in [0.717, 1.165) is 0 Å². The second kappa shape index (κ2) is 5.33. The van der Waals surface area contributed by atoms with Crippen LogP contribution in [-0.4, -0.2) is 40.8 Å². The average molecular weight is 291 g/mol. The Labute approximate surface area is 121 Å². The number of carbonyl (C=O) groups is 1. The monoisotopic (exact) mass is 291 g/mol. The van der Waals surface area contributed by atoms with Gasteiger partial charge in [0.15, 0.2) is 0 Å². The van der Waals surface area contributed by atoms with Crippen LogP contribution in [0.15, 0.2) is 14.9 Å². The molecular weight excluding hydrogens is 274 g/mol. The third-order valence-electron chi connectivity index (χ3n) is 3.49. The third-order valence-corrected chi connectivity index (χ3v) is 3.49. The van der Waals surface area contributed by atoms with Gasteiger partial charge in [-0.25, -0.2) is 0 Å². The molecule has 1 fully saturated rings. The van der Waals surface area contributed by atoms with Crippen LogP contribution in [-0.2, 0) is 4.74 Å². The topological polar surface area (TPSA) is 81.6 Å². The average Bonchev–Trinajstić information content (AvgIpc) is 3.04. The number of aryl methyl sites for hydroxylation is 3. The van der Waals surface area contributed by atoms with Crippen molar-refractivity contribution in [1.82, 2.24) is 15.1 Å². The first-order valence-corrected chi connectivity index (χ1v) is 6.82. The quantitative estimate of drug-likeness (QED) is 0.839. The molecule has 7 heteroatoms. The van der Waals surface area contributed by atoms with Gasteiger partial charge in [-0.1, -0.05) is 0 Å². The molecule has 7 nitrogen and oxygen atoms in total. The molecule has 2 aromatic rings. The molecule has 0 aliphatic carbocycles. The molecule has 1 amide bonds. The molecule has 0 bridgehead atoms. The summed E-state index contributed by atoms with van der Waals surface area (Å²) in [5, 5.41) is 7.83. The van der Waals surface area contributed by atoms with Crippen molar-refractivity contribution in [2.45, 2.75) is 26.8 Å². The lowest BCUT2D eigenvalue weighted by molar-refractivity contribution is -0.0107. The smallest absolute Gasteiger partial charge is 0.258 e. The van der Waals surface area contributed by atoms with Crippen LogP contribution >= 0.6 is 0 Å². The van der Waals surface area contributed by atoms with Gasteiger partial charge in [-0.3, -0.25) is 4.79 Å². The van der Waals surface area contributed by atoms with E-state index in [9.17, 15) is 4.79 Å². The summed E-state index contributed by atoms with van der Waals surface area (Å²) < 4.78 is 16.3. The fraction of sp³-hybridized carbons (Fsp3) is 0.500. The van der Waals surface area contributed by atoms with Crippen molar-refractivity contribution in [2.24, 2.45) is 0 Å². The predicted molar refractivity (Wildman–Crippen MR) is 71.8 cm³/mol. The van der Waals surface area contributed by atoms with Gasteiger partial charge in [0.05, 0.1) is 18.8 Å². The van der Waals surface area contributed by atoms with Crippen molar-refractivity contribution >= 4 is 5.91 Å². The van der Waals surface area contributed by atoms with Crippen LogP contribution in [0, 0.1) is 20.8 Å². The number of furan rings is 1. The zero-order chi connectivity index (χ0) is 15.0. The van der Waals surface area contributed by atoms with E-state index in [2.05, 4.69) is 10.2 Å². The molecule has 0 saturated carbocycles. The van der Waals surface area contributed by atoms with Crippen LogP contribution in [0.5, 0.6) is 0 Å². The molecule has 3 rings (SSSR count). The Bertz CT molecular complexity index is 661. The molecule has 0 N–H and O–H groups in total. The van der Waals surface area contributed by atoms with Gasteiger partial charge in [0.1, 0.15) is 17.6 Å². The van der Waals surface area contributed by atoms with Crippen molar-refractivity contribution in [3.8, 4) is 0 Å². The summed E-state index contributed by atoms with van der Waals surface area (Å²) in [5.41, 5.74) is 0.565. The highest BCUT2D eigenvalue weighted by atomic mass is 16.5. The van der Waals surface area contributed by atoms with E-state index in [0.29, 0.717) is 48.6 Å². The summed E-state index contributed by atoms with van der Waals surface area (Å²) in [5.74, 6) is 2.10. The normalized spacial score (nSPS) is 19.0. The lowest BCUT2D eigenvalue weighted by atomic mass is 10.1. The minimum atomic E-state index is -0.359.